The zero-order valence-electron chi connectivity index (χ0n) is 13.2. The standard InChI is InChI=1S/C17H16ClF2N3O/c1-10-7-11-15(24-2)4-3-12(19)17(11)23(10)6-5-21-14-8-16(18)22-9-13(14)20/h3-4,7-9H,5-6H2,1-2H3,(H,21,22). The van der Waals surface area contributed by atoms with Crippen LogP contribution < -0.4 is 10.1 Å². The summed E-state index contributed by atoms with van der Waals surface area (Å²) in [5.41, 5.74) is 1.63. The molecule has 3 aromatic rings. The molecule has 0 saturated carbocycles. The van der Waals surface area contributed by atoms with Crippen molar-refractivity contribution in [2.45, 2.75) is 13.5 Å². The number of hydrogen-bond donors (Lipinski definition) is 1. The Morgan fingerprint density at radius 1 is 1.25 bits per heavy atom. The molecule has 1 aromatic carbocycles. The van der Waals surface area contributed by atoms with Crippen molar-refractivity contribution in [1.29, 1.82) is 0 Å². The van der Waals surface area contributed by atoms with Gasteiger partial charge in [-0.2, -0.15) is 0 Å². The molecule has 3 rings (SSSR count). The normalized spacial score (nSPS) is 11.0. The molecule has 0 aliphatic heterocycles. The second-order valence-corrected chi connectivity index (χ2v) is 5.75. The number of halogens is 3. The minimum Gasteiger partial charge on any atom is -0.496 e. The fourth-order valence-corrected chi connectivity index (χ4v) is 2.91. The van der Waals surface area contributed by atoms with E-state index in [4.69, 9.17) is 16.3 Å². The first-order chi connectivity index (χ1) is 11.5. The zero-order chi connectivity index (χ0) is 17.3. The van der Waals surface area contributed by atoms with Crippen LogP contribution in [0.1, 0.15) is 5.69 Å². The molecule has 1 N–H and O–H groups in total. The average molecular weight is 352 g/mol. The summed E-state index contributed by atoms with van der Waals surface area (Å²) < 4.78 is 35.0. The third-order valence-corrected chi connectivity index (χ3v) is 4.08. The summed E-state index contributed by atoms with van der Waals surface area (Å²) >= 11 is 5.77. The van der Waals surface area contributed by atoms with Crippen LogP contribution in [0, 0.1) is 18.6 Å². The Morgan fingerprint density at radius 2 is 2.04 bits per heavy atom. The van der Waals surface area contributed by atoms with Crippen LogP contribution >= 0.6 is 11.6 Å². The second kappa shape index (κ2) is 6.65. The molecule has 126 valence electrons. The van der Waals surface area contributed by atoms with E-state index < -0.39 is 5.82 Å². The van der Waals surface area contributed by atoms with Crippen LogP contribution in [0.15, 0.2) is 30.5 Å². The van der Waals surface area contributed by atoms with Crippen molar-refractivity contribution in [1.82, 2.24) is 9.55 Å². The number of aromatic nitrogens is 2. The SMILES string of the molecule is COc1ccc(F)c2c1cc(C)n2CCNc1cc(Cl)ncc1F. The van der Waals surface area contributed by atoms with Gasteiger partial charge in [0.1, 0.15) is 16.7 Å². The van der Waals surface area contributed by atoms with Crippen molar-refractivity contribution in [3.63, 3.8) is 0 Å². The lowest BCUT2D eigenvalue weighted by Gasteiger charge is -2.12. The van der Waals surface area contributed by atoms with Crippen molar-refractivity contribution < 1.29 is 13.5 Å². The molecule has 2 heterocycles. The number of pyridine rings is 1. The topological polar surface area (TPSA) is 39.1 Å². The van der Waals surface area contributed by atoms with Gasteiger partial charge in [0, 0.05) is 30.2 Å². The van der Waals surface area contributed by atoms with Gasteiger partial charge < -0.3 is 14.6 Å². The van der Waals surface area contributed by atoms with Crippen molar-refractivity contribution >= 4 is 28.2 Å². The number of fused-ring (bicyclic) bond motifs is 1. The molecule has 0 aliphatic rings. The zero-order valence-corrected chi connectivity index (χ0v) is 14.0. The first-order valence-electron chi connectivity index (χ1n) is 7.38. The molecule has 0 saturated heterocycles. The smallest absolute Gasteiger partial charge is 0.164 e. The van der Waals surface area contributed by atoms with Gasteiger partial charge in [0.05, 0.1) is 24.5 Å². The van der Waals surface area contributed by atoms with Gasteiger partial charge in [-0.05, 0) is 25.1 Å². The molecular formula is C17H16ClF2N3O. The van der Waals surface area contributed by atoms with Gasteiger partial charge in [0.15, 0.2) is 5.82 Å². The van der Waals surface area contributed by atoms with Crippen molar-refractivity contribution in [2.75, 3.05) is 19.0 Å². The van der Waals surface area contributed by atoms with Crippen molar-refractivity contribution in [3.05, 3.63) is 52.9 Å². The van der Waals surface area contributed by atoms with Crippen molar-refractivity contribution in [3.8, 4) is 5.75 Å². The molecule has 0 spiro atoms. The Labute approximate surface area is 143 Å². The number of hydrogen-bond acceptors (Lipinski definition) is 3. The first kappa shape index (κ1) is 16.5. The quantitative estimate of drug-likeness (QED) is 0.693. The maximum absolute atomic E-state index is 14.3. The number of rotatable bonds is 5. The molecule has 0 amide bonds. The molecule has 0 aliphatic carbocycles. The Morgan fingerprint density at radius 3 is 2.79 bits per heavy atom. The van der Waals surface area contributed by atoms with Gasteiger partial charge >= 0.3 is 0 Å². The van der Waals surface area contributed by atoms with E-state index in [0.717, 1.165) is 11.9 Å². The van der Waals surface area contributed by atoms with E-state index in [0.29, 0.717) is 29.7 Å². The van der Waals surface area contributed by atoms with E-state index in [1.54, 1.807) is 13.2 Å². The number of nitrogens with zero attached hydrogens (tertiary/aromatic N) is 2. The second-order valence-electron chi connectivity index (χ2n) is 5.36. The monoisotopic (exact) mass is 351 g/mol. The van der Waals surface area contributed by atoms with Crippen LogP contribution in [0.4, 0.5) is 14.5 Å². The van der Waals surface area contributed by atoms with E-state index >= 15 is 0 Å². The van der Waals surface area contributed by atoms with E-state index in [-0.39, 0.29) is 16.7 Å². The summed E-state index contributed by atoms with van der Waals surface area (Å²) in [7, 11) is 1.55. The number of anilines is 1. The molecule has 7 heteroatoms. The van der Waals surface area contributed by atoms with Crippen LogP contribution in [0.25, 0.3) is 10.9 Å². The third kappa shape index (κ3) is 3.01. The van der Waals surface area contributed by atoms with Gasteiger partial charge in [0.25, 0.3) is 0 Å². The first-order valence-corrected chi connectivity index (χ1v) is 7.76. The van der Waals surface area contributed by atoms with Gasteiger partial charge in [0.2, 0.25) is 0 Å². The summed E-state index contributed by atoms with van der Waals surface area (Å²) in [4.78, 5) is 3.66. The van der Waals surface area contributed by atoms with E-state index in [1.807, 2.05) is 17.6 Å². The lowest BCUT2D eigenvalue weighted by Crippen LogP contribution is -2.13. The van der Waals surface area contributed by atoms with Crippen LogP contribution in [0.2, 0.25) is 5.15 Å². The fourth-order valence-electron chi connectivity index (χ4n) is 2.76. The highest BCUT2D eigenvalue weighted by atomic mass is 35.5. The Balaban J connectivity index is 1.85. The van der Waals surface area contributed by atoms with E-state index in [9.17, 15) is 8.78 Å². The van der Waals surface area contributed by atoms with Gasteiger partial charge in [-0.1, -0.05) is 11.6 Å². The highest BCUT2D eigenvalue weighted by Crippen LogP contribution is 2.30. The molecule has 2 aromatic heterocycles. The number of ether oxygens (including phenoxy) is 1. The molecule has 0 unspecified atom stereocenters. The Hall–Kier alpha value is -2.34. The number of aryl methyl sites for hydroxylation is 1. The predicted molar refractivity (Wildman–Crippen MR) is 90.9 cm³/mol. The molecule has 0 fully saturated rings. The van der Waals surface area contributed by atoms with E-state index in [1.165, 1.54) is 12.1 Å². The van der Waals surface area contributed by atoms with Crippen LogP contribution in [-0.4, -0.2) is 23.2 Å². The average Bonchev–Trinajstić information content (AvgIpc) is 2.89. The maximum Gasteiger partial charge on any atom is 0.164 e. The summed E-state index contributed by atoms with van der Waals surface area (Å²) in [6.45, 7) is 2.75. The highest BCUT2D eigenvalue weighted by Gasteiger charge is 2.14. The molecular weight excluding hydrogens is 336 g/mol. The number of methoxy groups -OCH3 is 1. The summed E-state index contributed by atoms with van der Waals surface area (Å²) in [5, 5.41) is 3.88. The number of nitrogens with one attached hydrogen (secondary N) is 1. The predicted octanol–water partition coefficient (Wildman–Crippen LogP) is 4.40. The largest absolute Gasteiger partial charge is 0.496 e. The lowest BCUT2D eigenvalue weighted by atomic mass is 10.2. The van der Waals surface area contributed by atoms with Crippen LogP contribution in [0.3, 0.4) is 0 Å². The Kier molecular flexibility index (Phi) is 4.57. The molecule has 0 radical (unpaired) electrons. The van der Waals surface area contributed by atoms with Gasteiger partial charge in [-0.3, -0.25) is 0 Å². The molecule has 4 nitrogen and oxygen atoms in total. The molecule has 0 bridgehead atoms. The highest BCUT2D eigenvalue weighted by molar-refractivity contribution is 6.29. The van der Waals surface area contributed by atoms with Crippen LogP contribution in [-0.2, 0) is 6.54 Å². The van der Waals surface area contributed by atoms with E-state index in [2.05, 4.69) is 10.3 Å². The molecule has 0 atom stereocenters. The fraction of sp³-hybridized carbons (Fsp3) is 0.235. The summed E-state index contributed by atoms with van der Waals surface area (Å²) in [6, 6.07) is 6.28. The maximum atomic E-state index is 14.3. The minimum atomic E-state index is -0.485. The summed E-state index contributed by atoms with van der Waals surface area (Å²) in [6.07, 6.45) is 1.06. The third-order valence-electron chi connectivity index (χ3n) is 3.87. The minimum absolute atomic E-state index is 0.206. The molecule has 24 heavy (non-hydrogen) atoms. The number of benzene rings is 1. The summed E-state index contributed by atoms with van der Waals surface area (Å²) in [5.74, 6) is -0.188. The lowest BCUT2D eigenvalue weighted by molar-refractivity contribution is 0.419. The van der Waals surface area contributed by atoms with Gasteiger partial charge in [-0.25, -0.2) is 13.8 Å². The van der Waals surface area contributed by atoms with Gasteiger partial charge in [-0.15, -0.1) is 0 Å². The van der Waals surface area contributed by atoms with Crippen LogP contribution in [0.5, 0.6) is 5.75 Å². The van der Waals surface area contributed by atoms with Crippen molar-refractivity contribution in [2.24, 2.45) is 0 Å². The Bertz CT molecular complexity index is 895.